The number of rotatable bonds is 9. The summed E-state index contributed by atoms with van der Waals surface area (Å²) >= 11 is 0. The minimum absolute atomic E-state index is 0.0472. The van der Waals surface area contributed by atoms with E-state index in [9.17, 15) is 4.79 Å². The van der Waals surface area contributed by atoms with E-state index in [1.54, 1.807) is 6.92 Å². The molecule has 0 saturated heterocycles. The lowest BCUT2D eigenvalue weighted by atomic mass is 9.83. The Bertz CT molecular complexity index is 848. The molecule has 0 radical (unpaired) electrons. The Balaban J connectivity index is 1.75. The maximum Gasteiger partial charge on any atom is 0.333 e. The van der Waals surface area contributed by atoms with Crippen molar-refractivity contribution in [3.05, 3.63) is 65.7 Å². The first-order valence-corrected chi connectivity index (χ1v) is 10.9. The van der Waals surface area contributed by atoms with Gasteiger partial charge in [0.25, 0.3) is 0 Å². The van der Waals surface area contributed by atoms with Crippen molar-refractivity contribution in [2.24, 2.45) is 0 Å². The Morgan fingerprint density at radius 1 is 1.03 bits per heavy atom. The van der Waals surface area contributed by atoms with Crippen LogP contribution in [-0.4, -0.2) is 30.9 Å². The van der Waals surface area contributed by atoms with Gasteiger partial charge in [-0.2, -0.15) is 0 Å². The average molecular weight is 409 g/mol. The lowest BCUT2D eigenvalue weighted by molar-refractivity contribution is -0.138. The number of carbonyl (C=O) groups excluding carboxylic acids is 1. The van der Waals surface area contributed by atoms with Crippen LogP contribution in [0.2, 0.25) is 0 Å². The monoisotopic (exact) mass is 408 g/mol. The van der Waals surface area contributed by atoms with Crippen molar-refractivity contribution in [2.75, 3.05) is 19.8 Å². The number of benzene rings is 2. The number of hydrogen-bond acceptors (Lipinski definition) is 4. The normalized spacial score (nSPS) is 14.3. The third kappa shape index (κ3) is 5.96. The summed E-state index contributed by atoms with van der Waals surface area (Å²) in [6, 6.07) is 14.9. The van der Waals surface area contributed by atoms with E-state index < -0.39 is 0 Å². The van der Waals surface area contributed by atoms with Crippen LogP contribution in [0.5, 0.6) is 5.75 Å². The Kier molecular flexibility index (Phi) is 8.09. The SMILES string of the molecule is C=C(C)C(=O)OCCc1cc(-c2ccc(C3CCCCC3)cc2)ccc1OCCO. The Morgan fingerprint density at radius 3 is 2.40 bits per heavy atom. The number of aliphatic hydroxyl groups is 1. The minimum atomic E-state index is -0.387. The first-order valence-electron chi connectivity index (χ1n) is 10.9. The van der Waals surface area contributed by atoms with Gasteiger partial charge < -0.3 is 14.6 Å². The van der Waals surface area contributed by atoms with Crippen molar-refractivity contribution in [3.8, 4) is 16.9 Å². The van der Waals surface area contributed by atoms with Crippen LogP contribution in [0.3, 0.4) is 0 Å². The van der Waals surface area contributed by atoms with Gasteiger partial charge >= 0.3 is 5.97 Å². The molecule has 160 valence electrons. The van der Waals surface area contributed by atoms with E-state index in [1.165, 1.54) is 37.7 Å². The van der Waals surface area contributed by atoms with Crippen molar-refractivity contribution in [1.82, 2.24) is 0 Å². The molecular formula is C26H32O4. The summed E-state index contributed by atoms with van der Waals surface area (Å²) in [6.07, 6.45) is 7.16. The summed E-state index contributed by atoms with van der Waals surface area (Å²) in [5.74, 6) is 1.01. The van der Waals surface area contributed by atoms with E-state index in [0.717, 1.165) is 16.7 Å². The lowest BCUT2D eigenvalue weighted by Gasteiger charge is -2.22. The lowest BCUT2D eigenvalue weighted by Crippen LogP contribution is -2.10. The average Bonchev–Trinajstić information content (AvgIpc) is 2.78. The molecule has 0 atom stereocenters. The van der Waals surface area contributed by atoms with Crippen LogP contribution in [0.15, 0.2) is 54.6 Å². The Labute approximate surface area is 179 Å². The van der Waals surface area contributed by atoms with Gasteiger partial charge in [-0.05, 0) is 60.1 Å². The van der Waals surface area contributed by atoms with Gasteiger partial charge in [-0.15, -0.1) is 0 Å². The zero-order valence-electron chi connectivity index (χ0n) is 17.9. The van der Waals surface area contributed by atoms with Crippen LogP contribution in [0.4, 0.5) is 0 Å². The van der Waals surface area contributed by atoms with E-state index in [4.69, 9.17) is 14.6 Å². The highest BCUT2D eigenvalue weighted by Gasteiger charge is 2.15. The van der Waals surface area contributed by atoms with E-state index in [1.807, 2.05) is 12.1 Å². The third-order valence-corrected chi connectivity index (χ3v) is 5.68. The molecule has 0 unspecified atom stereocenters. The van der Waals surface area contributed by atoms with Gasteiger partial charge in [0, 0.05) is 12.0 Å². The summed E-state index contributed by atoms with van der Waals surface area (Å²) in [7, 11) is 0. The molecule has 4 heteroatoms. The number of aliphatic hydroxyl groups excluding tert-OH is 1. The topological polar surface area (TPSA) is 55.8 Å². The molecule has 4 nitrogen and oxygen atoms in total. The summed E-state index contributed by atoms with van der Waals surface area (Å²) in [5.41, 5.74) is 5.03. The highest BCUT2D eigenvalue weighted by atomic mass is 16.5. The van der Waals surface area contributed by atoms with Crippen LogP contribution in [0, 0.1) is 0 Å². The van der Waals surface area contributed by atoms with Crippen LogP contribution in [0.1, 0.15) is 56.1 Å². The van der Waals surface area contributed by atoms with E-state index in [0.29, 0.717) is 23.7 Å². The first-order chi connectivity index (χ1) is 14.6. The van der Waals surface area contributed by atoms with Crippen LogP contribution in [0.25, 0.3) is 11.1 Å². The van der Waals surface area contributed by atoms with Crippen LogP contribution < -0.4 is 4.74 Å². The van der Waals surface area contributed by atoms with E-state index >= 15 is 0 Å². The van der Waals surface area contributed by atoms with E-state index in [-0.39, 0.29) is 25.8 Å². The molecule has 0 aliphatic heterocycles. The molecule has 1 aliphatic carbocycles. The van der Waals surface area contributed by atoms with Gasteiger partial charge in [0.05, 0.1) is 13.2 Å². The van der Waals surface area contributed by atoms with Gasteiger partial charge in [-0.3, -0.25) is 0 Å². The van der Waals surface area contributed by atoms with Gasteiger partial charge in [-0.1, -0.05) is 56.2 Å². The van der Waals surface area contributed by atoms with Crippen molar-refractivity contribution in [2.45, 2.75) is 51.4 Å². The largest absolute Gasteiger partial charge is 0.491 e. The molecule has 0 amide bonds. The maximum atomic E-state index is 11.7. The molecule has 3 rings (SSSR count). The fraction of sp³-hybridized carbons (Fsp3) is 0.423. The summed E-state index contributed by atoms with van der Waals surface area (Å²) in [5, 5.41) is 9.09. The predicted molar refractivity (Wildman–Crippen MR) is 120 cm³/mol. The summed E-state index contributed by atoms with van der Waals surface area (Å²) < 4.78 is 10.9. The molecule has 1 saturated carbocycles. The second-order valence-electron chi connectivity index (χ2n) is 8.02. The fourth-order valence-electron chi connectivity index (χ4n) is 4.01. The molecule has 1 aliphatic rings. The molecule has 0 bridgehead atoms. The van der Waals surface area contributed by atoms with Gasteiger partial charge in [-0.25, -0.2) is 4.79 Å². The molecule has 0 heterocycles. The van der Waals surface area contributed by atoms with Gasteiger partial charge in [0.1, 0.15) is 12.4 Å². The molecule has 0 aromatic heterocycles. The maximum absolute atomic E-state index is 11.7. The Hall–Kier alpha value is -2.59. The predicted octanol–water partition coefficient (Wildman–Crippen LogP) is 5.43. The van der Waals surface area contributed by atoms with Crippen molar-refractivity contribution in [1.29, 1.82) is 0 Å². The third-order valence-electron chi connectivity index (χ3n) is 5.68. The first kappa shape index (κ1) is 22.1. The second-order valence-corrected chi connectivity index (χ2v) is 8.02. The number of carbonyl (C=O) groups is 1. The molecule has 2 aromatic rings. The number of hydrogen-bond donors (Lipinski definition) is 1. The molecule has 0 spiro atoms. The Morgan fingerprint density at radius 2 is 1.73 bits per heavy atom. The van der Waals surface area contributed by atoms with Crippen LogP contribution in [-0.2, 0) is 16.0 Å². The molecule has 1 fully saturated rings. The summed E-state index contributed by atoms with van der Waals surface area (Å²) in [4.78, 5) is 11.7. The van der Waals surface area contributed by atoms with Crippen LogP contribution >= 0.6 is 0 Å². The fourth-order valence-corrected chi connectivity index (χ4v) is 4.01. The van der Waals surface area contributed by atoms with Crippen molar-refractivity contribution >= 4 is 5.97 Å². The minimum Gasteiger partial charge on any atom is -0.491 e. The quantitative estimate of drug-likeness (QED) is 0.444. The second kappa shape index (κ2) is 11.0. The molecule has 2 aromatic carbocycles. The number of esters is 1. The van der Waals surface area contributed by atoms with Gasteiger partial charge in [0.2, 0.25) is 0 Å². The standard InChI is InChI=1S/C26H32O4/c1-19(2)26(28)30-16-14-24-18-23(12-13-25(24)29-17-15-27)22-10-8-21(9-11-22)20-6-4-3-5-7-20/h8-13,18,20,27H,1,3-7,14-17H2,2H3. The zero-order chi connectivity index (χ0) is 21.3. The highest BCUT2D eigenvalue weighted by molar-refractivity contribution is 5.86. The highest BCUT2D eigenvalue weighted by Crippen LogP contribution is 2.34. The molecule has 1 N–H and O–H groups in total. The van der Waals surface area contributed by atoms with Crippen molar-refractivity contribution in [3.63, 3.8) is 0 Å². The summed E-state index contributed by atoms with van der Waals surface area (Å²) in [6.45, 7) is 5.68. The number of ether oxygens (including phenoxy) is 2. The smallest absolute Gasteiger partial charge is 0.333 e. The van der Waals surface area contributed by atoms with E-state index in [2.05, 4.69) is 36.9 Å². The molecule has 30 heavy (non-hydrogen) atoms. The zero-order valence-corrected chi connectivity index (χ0v) is 17.9. The van der Waals surface area contributed by atoms with Crippen molar-refractivity contribution < 1.29 is 19.4 Å². The van der Waals surface area contributed by atoms with Gasteiger partial charge in [0.15, 0.2) is 0 Å². The molecular weight excluding hydrogens is 376 g/mol.